The van der Waals surface area contributed by atoms with Crippen LogP contribution in [-0.2, 0) is 14.6 Å². The highest BCUT2D eigenvalue weighted by molar-refractivity contribution is 7.90. The van der Waals surface area contributed by atoms with Crippen LogP contribution in [0.4, 0.5) is 5.82 Å². The van der Waals surface area contributed by atoms with Gasteiger partial charge in [0.15, 0.2) is 23.2 Å². The first-order valence-corrected chi connectivity index (χ1v) is 11.1. The summed E-state index contributed by atoms with van der Waals surface area (Å²) in [6.45, 7) is 0. The van der Waals surface area contributed by atoms with Gasteiger partial charge in [-0.05, 0) is 25.7 Å². The molecule has 0 amide bonds. The quantitative estimate of drug-likeness (QED) is 0.576. The number of sulfone groups is 1. The molecule has 28 heavy (non-hydrogen) atoms. The zero-order chi connectivity index (χ0) is 20.1. The third kappa shape index (κ3) is 3.64. The van der Waals surface area contributed by atoms with E-state index in [-0.39, 0.29) is 23.6 Å². The Morgan fingerprint density at radius 3 is 2.68 bits per heavy atom. The lowest BCUT2D eigenvalue weighted by Crippen LogP contribution is -2.35. The molecule has 1 aliphatic heterocycles. The molecule has 1 saturated carbocycles. The summed E-state index contributed by atoms with van der Waals surface area (Å²) in [6, 6.07) is 0.111. The minimum atomic E-state index is -3.41. The summed E-state index contributed by atoms with van der Waals surface area (Å²) < 4.78 is 36.0. The molecular formula is C16H23N5O6S. The Morgan fingerprint density at radius 1 is 1.29 bits per heavy atom. The summed E-state index contributed by atoms with van der Waals surface area (Å²) in [7, 11) is -3.41. The van der Waals surface area contributed by atoms with Crippen LogP contribution in [0.1, 0.15) is 31.9 Å². The molecule has 4 N–H and O–H groups in total. The molecule has 0 radical (unpaired) electrons. The second-order valence-corrected chi connectivity index (χ2v) is 9.56. The maximum absolute atomic E-state index is 11.6. The van der Waals surface area contributed by atoms with Crippen LogP contribution in [0.3, 0.4) is 0 Å². The summed E-state index contributed by atoms with van der Waals surface area (Å²) in [4.78, 5) is 12.7. The van der Waals surface area contributed by atoms with Crippen molar-refractivity contribution in [1.29, 1.82) is 0 Å². The van der Waals surface area contributed by atoms with E-state index >= 15 is 0 Å². The van der Waals surface area contributed by atoms with Crippen molar-refractivity contribution < 1.29 is 28.1 Å². The summed E-state index contributed by atoms with van der Waals surface area (Å²) in [5.74, 6) is -0.293. The number of imidazole rings is 1. The number of nitrogen functional groups attached to an aromatic ring is 1. The van der Waals surface area contributed by atoms with Crippen LogP contribution in [0.5, 0.6) is 6.01 Å². The van der Waals surface area contributed by atoms with Gasteiger partial charge in [0, 0.05) is 6.26 Å². The molecule has 4 atom stereocenters. The normalized spacial score (nSPS) is 29.0. The second-order valence-electron chi connectivity index (χ2n) is 7.38. The number of ether oxygens (including phenoxy) is 2. The molecule has 0 spiro atoms. The molecule has 1 aliphatic carbocycles. The van der Waals surface area contributed by atoms with Crippen molar-refractivity contribution in [3.05, 3.63) is 6.33 Å². The fourth-order valence-electron chi connectivity index (χ4n) is 3.71. The van der Waals surface area contributed by atoms with Gasteiger partial charge < -0.3 is 25.4 Å². The molecule has 154 valence electrons. The van der Waals surface area contributed by atoms with Crippen molar-refractivity contribution in [3.63, 3.8) is 0 Å². The number of rotatable bonds is 5. The Balaban J connectivity index is 1.65. The molecule has 2 aliphatic rings. The molecule has 12 heteroatoms. The predicted molar refractivity (Wildman–Crippen MR) is 98.3 cm³/mol. The molecule has 11 nitrogen and oxygen atoms in total. The van der Waals surface area contributed by atoms with Gasteiger partial charge in [0.2, 0.25) is 0 Å². The summed E-state index contributed by atoms with van der Waals surface area (Å²) in [5, 5.41) is 20.6. The number of fused-ring (bicyclic) bond motifs is 1. The Labute approximate surface area is 161 Å². The first kappa shape index (κ1) is 19.3. The summed E-state index contributed by atoms with van der Waals surface area (Å²) in [6.07, 6.45) is 1.57. The van der Waals surface area contributed by atoms with E-state index in [4.69, 9.17) is 15.2 Å². The SMILES string of the molecule is CS(=O)(=O)C[C@H]1O[C@@H](n2cnc3c(N)nc(OC4CCCC4)nc32)[C@H](O)[C@@H]1O. The minimum absolute atomic E-state index is 0.0301. The average Bonchev–Trinajstić information content (AvgIpc) is 3.31. The monoisotopic (exact) mass is 413 g/mol. The molecule has 2 aromatic rings. The predicted octanol–water partition coefficient (Wildman–Crippen LogP) is -0.606. The zero-order valence-corrected chi connectivity index (χ0v) is 16.1. The molecule has 0 unspecified atom stereocenters. The number of nitrogens with zero attached hydrogens (tertiary/aromatic N) is 4. The number of hydrogen-bond acceptors (Lipinski definition) is 10. The Hall–Kier alpha value is -2.02. The smallest absolute Gasteiger partial charge is 0.320 e. The number of nitrogens with two attached hydrogens (primary N) is 1. The molecular weight excluding hydrogens is 390 g/mol. The van der Waals surface area contributed by atoms with Crippen LogP contribution >= 0.6 is 0 Å². The highest BCUT2D eigenvalue weighted by Crippen LogP contribution is 2.33. The lowest BCUT2D eigenvalue weighted by Gasteiger charge is -2.17. The largest absolute Gasteiger partial charge is 0.460 e. The van der Waals surface area contributed by atoms with Crippen molar-refractivity contribution in [3.8, 4) is 6.01 Å². The lowest BCUT2D eigenvalue weighted by molar-refractivity contribution is -0.0292. The van der Waals surface area contributed by atoms with Gasteiger partial charge in [0.25, 0.3) is 0 Å². The average molecular weight is 413 g/mol. The Bertz CT molecular complexity index is 973. The maximum Gasteiger partial charge on any atom is 0.320 e. The number of aromatic nitrogens is 4. The van der Waals surface area contributed by atoms with Crippen molar-refractivity contribution in [1.82, 2.24) is 19.5 Å². The van der Waals surface area contributed by atoms with Gasteiger partial charge in [-0.15, -0.1) is 0 Å². The van der Waals surface area contributed by atoms with Gasteiger partial charge in [-0.25, -0.2) is 13.4 Å². The zero-order valence-electron chi connectivity index (χ0n) is 15.3. The van der Waals surface area contributed by atoms with Crippen LogP contribution in [0.15, 0.2) is 6.33 Å². The number of hydrogen-bond donors (Lipinski definition) is 3. The summed E-state index contributed by atoms with van der Waals surface area (Å²) in [5.41, 5.74) is 6.55. The van der Waals surface area contributed by atoms with Gasteiger partial charge in [0.05, 0.1) is 12.1 Å². The molecule has 0 bridgehead atoms. The second kappa shape index (κ2) is 7.10. The van der Waals surface area contributed by atoms with Crippen molar-refractivity contribution in [2.45, 2.75) is 56.3 Å². The number of aliphatic hydroxyl groups is 2. The third-order valence-electron chi connectivity index (χ3n) is 5.08. The highest BCUT2D eigenvalue weighted by Gasteiger charge is 2.45. The Morgan fingerprint density at radius 2 is 2.00 bits per heavy atom. The van der Waals surface area contributed by atoms with Crippen LogP contribution in [0.2, 0.25) is 0 Å². The first-order chi connectivity index (χ1) is 13.2. The Kier molecular flexibility index (Phi) is 4.89. The van der Waals surface area contributed by atoms with Crippen LogP contribution in [0, 0.1) is 0 Å². The van der Waals surface area contributed by atoms with Gasteiger partial charge in [-0.2, -0.15) is 9.97 Å². The fraction of sp³-hybridized carbons (Fsp3) is 0.688. The van der Waals surface area contributed by atoms with E-state index in [9.17, 15) is 18.6 Å². The molecule has 0 aromatic carbocycles. The molecule has 2 fully saturated rings. The fourth-order valence-corrected chi connectivity index (χ4v) is 4.58. The standard InChI is InChI=1S/C16H23N5O6S/c1-28(24,25)6-9-11(22)12(23)15(27-9)21-7-18-10-13(17)19-16(20-14(10)21)26-8-4-2-3-5-8/h7-9,11-12,15,22-23H,2-6H2,1H3,(H2,17,19,20)/t9-,11-,12-,15-/m1/s1. The van der Waals surface area contributed by atoms with Crippen LogP contribution in [0.25, 0.3) is 11.2 Å². The number of aliphatic hydroxyl groups excluding tert-OH is 2. The van der Waals surface area contributed by atoms with Crippen LogP contribution < -0.4 is 10.5 Å². The van der Waals surface area contributed by atoms with Crippen molar-refractivity contribution in [2.24, 2.45) is 0 Å². The molecule has 3 heterocycles. The topological polar surface area (TPSA) is 163 Å². The van der Waals surface area contributed by atoms with Gasteiger partial charge in [-0.1, -0.05) is 0 Å². The molecule has 1 saturated heterocycles. The van der Waals surface area contributed by atoms with E-state index in [1.54, 1.807) is 0 Å². The van der Waals surface area contributed by atoms with E-state index in [1.165, 1.54) is 10.9 Å². The van der Waals surface area contributed by atoms with Crippen molar-refractivity contribution in [2.75, 3.05) is 17.7 Å². The maximum atomic E-state index is 11.6. The van der Waals surface area contributed by atoms with Gasteiger partial charge in [0.1, 0.15) is 34.3 Å². The van der Waals surface area contributed by atoms with Crippen molar-refractivity contribution >= 4 is 26.8 Å². The summed E-state index contributed by atoms with van der Waals surface area (Å²) >= 11 is 0. The number of anilines is 1. The minimum Gasteiger partial charge on any atom is -0.460 e. The molecule has 2 aromatic heterocycles. The van der Waals surface area contributed by atoms with E-state index in [0.717, 1.165) is 31.9 Å². The van der Waals surface area contributed by atoms with E-state index in [0.29, 0.717) is 5.52 Å². The lowest BCUT2D eigenvalue weighted by atomic mass is 10.1. The van der Waals surface area contributed by atoms with E-state index < -0.39 is 40.1 Å². The van der Waals surface area contributed by atoms with E-state index in [1.807, 2.05) is 0 Å². The van der Waals surface area contributed by atoms with Crippen LogP contribution in [-0.4, -0.2) is 74.6 Å². The van der Waals surface area contributed by atoms with Gasteiger partial charge in [-0.3, -0.25) is 4.57 Å². The highest BCUT2D eigenvalue weighted by atomic mass is 32.2. The first-order valence-electron chi connectivity index (χ1n) is 9.09. The van der Waals surface area contributed by atoms with E-state index in [2.05, 4.69) is 15.0 Å². The molecule has 4 rings (SSSR count). The third-order valence-corrected chi connectivity index (χ3v) is 6.01. The van der Waals surface area contributed by atoms with Gasteiger partial charge >= 0.3 is 6.01 Å².